The van der Waals surface area contributed by atoms with Crippen LogP contribution in [0.5, 0.6) is 5.75 Å². The third kappa shape index (κ3) is 7.12. The summed E-state index contributed by atoms with van der Waals surface area (Å²) in [6.45, 7) is 0.410. The summed E-state index contributed by atoms with van der Waals surface area (Å²) in [4.78, 5) is 40.0. The van der Waals surface area contributed by atoms with Crippen molar-refractivity contribution in [3.8, 4) is 5.75 Å². The van der Waals surface area contributed by atoms with Gasteiger partial charge in [-0.1, -0.05) is 36.4 Å². The van der Waals surface area contributed by atoms with Gasteiger partial charge in [0.05, 0.1) is 5.69 Å². The van der Waals surface area contributed by atoms with Crippen LogP contribution in [0.25, 0.3) is 0 Å². The molecule has 180 valence electrons. The molecule has 0 radical (unpaired) electrons. The van der Waals surface area contributed by atoms with E-state index in [0.717, 1.165) is 5.56 Å². The number of hydrogen-bond donors (Lipinski definition) is 5. The van der Waals surface area contributed by atoms with E-state index in [9.17, 15) is 19.5 Å². The molecule has 0 unspecified atom stereocenters. The number of nitrogens with two attached hydrogens (primary N) is 2. The summed E-state index contributed by atoms with van der Waals surface area (Å²) in [6, 6.07) is 12.8. The quantitative estimate of drug-likeness (QED) is 0.197. The van der Waals surface area contributed by atoms with Crippen LogP contribution in [0.2, 0.25) is 0 Å². The summed E-state index contributed by atoms with van der Waals surface area (Å²) in [5, 5.41) is 14.7. The Morgan fingerprint density at radius 2 is 1.94 bits per heavy atom. The minimum atomic E-state index is -1.22. The number of nitrogens with one attached hydrogen (secondary N) is 2. The van der Waals surface area contributed by atoms with Gasteiger partial charge in [-0.3, -0.25) is 9.79 Å². The van der Waals surface area contributed by atoms with E-state index in [0.29, 0.717) is 36.4 Å². The van der Waals surface area contributed by atoms with Gasteiger partial charge < -0.3 is 36.7 Å². The van der Waals surface area contributed by atoms with Crippen LogP contribution in [-0.4, -0.2) is 47.7 Å². The Morgan fingerprint density at radius 3 is 2.65 bits per heavy atom. The molecule has 7 N–H and O–H groups in total. The number of benzene rings is 2. The Labute approximate surface area is 196 Å². The van der Waals surface area contributed by atoms with Gasteiger partial charge in [0.15, 0.2) is 12.1 Å². The highest BCUT2D eigenvalue weighted by Gasteiger charge is 2.28. The first kappa shape index (κ1) is 24.4. The van der Waals surface area contributed by atoms with Crippen LogP contribution < -0.4 is 26.8 Å². The van der Waals surface area contributed by atoms with Crippen molar-refractivity contribution in [3.05, 3.63) is 59.7 Å². The maximum atomic E-state index is 12.4. The van der Waals surface area contributed by atoms with Crippen molar-refractivity contribution >= 4 is 29.6 Å². The van der Waals surface area contributed by atoms with Gasteiger partial charge in [0.2, 0.25) is 0 Å². The second-order valence-electron chi connectivity index (χ2n) is 7.68. The molecule has 1 heterocycles. The molecule has 1 aliphatic rings. The van der Waals surface area contributed by atoms with Gasteiger partial charge in [0.1, 0.15) is 18.4 Å². The molecule has 2 atom stereocenters. The number of amides is 2. The number of carboxylic acids is 1. The molecule has 0 spiro atoms. The number of nitrogens with zero attached hydrogens (tertiary/aromatic N) is 1. The number of alkyl carbamates (subject to hydrolysis) is 1. The van der Waals surface area contributed by atoms with Crippen molar-refractivity contribution in [1.29, 1.82) is 0 Å². The molecule has 0 saturated carbocycles. The summed E-state index contributed by atoms with van der Waals surface area (Å²) < 4.78 is 10.9. The molecule has 11 heteroatoms. The zero-order chi connectivity index (χ0) is 24.5. The summed E-state index contributed by atoms with van der Waals surface area (Å²) in [5.41, 5.74) is 12.4. The molecule has 2 aromatic carbocycles. The topological polar surface area (TPSA) is 178 Å². The van der Waals surface area contributed by atoms with E-state index < -0.39 is 24.2 Å². The predicted molar refractivity (Wildman–Crippen MR) is 124 cm³/mol. The van der Waals surface area contributed by atoms with Gasteiger partial charge >= 0.3 is 12.1 Å². The van der Waals surface area contributed by atoms with E-state index >= 15 is 0 Å². The molecule has 0 fully saturated rings. The Morgan fingerprint density at radius 1 is 1.18 bits per heavy atom. The lowest BCUT2D eigenvalue weighted by Gasteiger charge is -2.26. The number of aliphatic imine (C=N–C) groups is 1. The zero-order valence-electron chi connectivity index (χ0n) is 18.4. The summed E-state index contributed by atoms with van der Waals surface area (Å²) in [5.74, 6) is -1.06. The normalized spacial score (nSPS) is 15.2. The van der Waals surface area contributed by atoms with Crippen LogP contribution >= 0.6 is 0 Å². The van der Waals surface area contributed by atoms with Crippen LogP contribution in [0.4, 0.5) is 10.5 Å². The Kier molecular flexibility index (Phi) is 8.27. The third-order valence-electron chi connectivity index (χ3n) is 5.03. The number of hydrogen-bond acceptors (Lipinski definition) is 6. The fourth-order valence-electron chi connectivity index (χ4n) is 3.34. The monoisotopic (exact) mass is 469 g/mol. The lowest BCUT2D eigenvalue weighted by molar-refractivity contribution is -0.139. The molecule has 0 saturated heterocycles. The van der Waals surface area contributed by atoms with Gasteiger partial charge in [-0.05, 0) is 36.1 Å². The predicted octanol–water partition coefficient (Wildman–Crippen LogP) is 1.36. The minimum Gasteiger partial charge on any atom is -0.480 e. The second kappa shape index (κ2) is 11.5. The number of fused-ring (bicyclic) bond motifs is 1. The van der Waals surface area contributed by atoms with Crippen LogP contribution in [0, 0.1) is 0 Å². The average molecular weight is 469 g/mol. The largest absolute Gasteiger partial charge is 0.480 e. The highest BCUT2D eigenvalue weighted by atomic mass is 16.5. The minimum absolute atomic E-state index is 0.00880. The summed E-state index contributed by atoms with van der Waals surface area (Å²) in [6.07, 6.45) is -0.536. The van der Waals surface area contributed by atoms with E-state index in [2.05, 4.69) is 15.6 Å². The number of carbonyl (C=O) groups is 3. The number of ether oxygens (including phenoxy) is 2. The molecule has 11 nitrogen and oxygen atoms in total. The Balaban J connectivity index is 1.56. The lowest BCUT2D eigenvalue weighted by Crippen LogP contribution is -2.42. The molecule has 0 bridgehead atoms. The number of anilines is 1. The second-order valence-corrected chi connectivity index (χ2v) is 7.68. The smallest absolute Gasteiger partial charge is 0.408 e. The fourth-order valence-corrected chi connectivity index (χ4v) is 3.34. The number of carbonyl (C=O) groups excluding carboxylic acids is 2. The summed E-state index contributed by atoms with van der Waals surface area (Å²) in [7, 11) is 0. The highest BCUT2D eigenvalue weighted by Crippen LogP contribution is 2.32. The van der Waals surface area contributed by atoms with Crippen LogP contribution in [0.15, 0.2) is 53.5 Å². The number of rotatable bonds is 10. The van der Waals surface area contributed by atoms with Crippen LogP contribution in [0.1, 0.15) is 24.0 Å². The van der Waals surface area contributed by atoms with Crippen molar-refractivity contribution in [3.63, 3.8) is 0 Å². The van der Waals surface area contributed by atoms with E-state index in [-0.39, 0.29) is 24.9 Å². The first-order valence-corrected chi connectivity index (χ1v) is 10.7. The molecule has 2 aromatic rings. The van der Waals surface area contributed by atoms with E-state index in [1.807, 2.05) is 18.2 Å². The Bertz CT molecular complexity index is 1060. The molecule has 2 amide bonds. The van der Waals surface area contributed by atoms with Gasteiger partial charge in [0.25, 0.3) is 5.91 Å². The zero-order valence-corrected chi connectivity index (χ0v) is 18.4. The van der Waals surface area contributed by atoms with Crippen LogP contribution in [-0.2, 0) is 27.4 Å². The maximum Gasteiger partial charge on any atom is 0.408 e. The van der Waals surface area contributed by atoms with E-state index in [1.54, 1.807) is 30.3 Å². The number of carboxylic acid groups (broad SMARTS) is 1. The molecule has 0 aromatic heterocycles. The number of guanidine groups is 1. The SMILES string of the molecule is NC(N)=NCCC[C@H]1Oc2ccc(C[C@H](NC(=O)OCc3ccccc3)C(=O)O)cc2NC1=O. The number of aliphatic carboxylic acids is 1. The lowest BCUT2D eigenvalue weighted by atomic mass is 10.0. The van der Waals surface area contributed by atoms with Crippen molar-refractivity contribution < 1.29 is 29.0 Å². The van der Waals surface area contributed by atoms with Gasteiger partial charge in [-0.2, -0.15) is 0 Å². The van der Waals surface area contributed by atoms with Crippen LogP contribution in [0.3, 0.4) is 0 Å². The molecule has 34 heavy (non-hydrogen) atoms. The molecule has 3 rings (SSSR count). The first-order chi connectivity index (χ1) is 16.3. The van der Waals surface area contributed by atoms with Crippen molar-refractivity contribution in [1.82, 2.24) is 5.32 Å². The van der Waals surface area contributed by atoms with Crippen molar-refractivity contribution in [2.75, 3.05) is 11.9 Å². The van der Waals surface area contributed by atoms with E-state index in [1.165, 1.54) is 0 Å². The first-order valence-electron chi connectivity index (χ1n) is 10.7. The molecular formula is C23H27N5O6. The fraction of sp³-hybridized carbons (Fsp3) is 0.304. The van der Waals surface area contributed by atoms with Crippen molar-refractivity contribution in [2.24, 2.45) is 16.5 Å². The van der Waals surface area contributed by atoms with Gasteiger partial charge in [0, 0.05) is 13.0 Å². The molecule has 0 aliphatic carbocycles. The summed E-state index contributed by atoms with van der Waals surface area (Å²) >= 11 is 0. The van der Waals surface area contributed by atoms with Crippen molar-refractivity contribution in [2.45, 2.75) is 38.0 Å². The van der Waals surface area contributed by atoms with Gasteiger partial charge in [-0.25, -0.2) is 9.59 Å². The van der Waals surface area contributed by atoms with Gasteiger partial charge in [-0.15, -0.1) is 0 Å². The highest BCUT2D eigenvalue weighted by molar-refractivity contribution is 5.97. The average Bonchev–Trinajstić information content (AvgIpc) is 2.80. The molecule has 1 aliphatic heterocycles. The molecular weight excluding hydrogens is 442 g/mol. The Hall–Kier alpha value is -4.28. The third-order valence-corrected chi connectivity index (χ3v) is 5.03. The standard InChI is InChI=1S/C23H27N5O6/c24-22(25)26-10-4-7-19-20(29)27-16-11-15(8-9-18(16)34-19)12-17(21(30)31)28-23(32)33-13-14-5-2-1-3-6-14/h1-3,5-6,8-9,11,17,19H,4,7,10,12-13H2,(H,27,29)(H,28,32)(H,30,31)(H4,24,25,26)/t17-,19+/m0/s1. The van der Waals surface area contributed by atoms with E-state index in [4.69, 9.17) is 20.9 Å². The maximum absolute atomic E-state index is 12.4.